The normalized spacial score (nSPS) is 11.8. The van der Waals surface area contributed by atoms with E-state index >= 15 is 0 Å². The zero-order valence-corrected chi connectivity index (χ0v) is 8.96. The summed E-state index contributed by atoms with van der Waals surface area (Å²) in [5.41, 5.74) is 0. The van der Waals surface area contributed by atoms with E-state index in [-0.39, 0.29) is 0 Å². The molecule has 0 bridgehead atoms. The largest absolute Gasteiger partial charge is 0.319 e. The Hall–Kier alpha value is 0.260. The monoisotopic (exact) mass is 212 g/mol. The maximum absolute atomic E-state index is 10.2. The maximum Gasteiger partial charge on any atom is 0.319 e. The van der Waals surface area contributed by atoms with E-state index in [1.54, 1.807) is 0 Å². The third kappa shape index (κ3) is 10.3. The van der Waals surface area contributed by atoms with Crippen molar-refractivity contribution in [3.8, 4) is 0 Å². The van der Waals surface area contributed by atoms with Crippen LogP contribution < -0.4 is 0 Å². The maximum atomic E-state index is 10.2. The summed E-state index contributed by atoms with van der Waals surface area (Å²) in [5.74, 6) is 0.503. The first-order valence-corrected chi connectivity index (χ1v) is 7.12. The molecule has 0 aromatic heterocycles. The molecule has 0 spiro atoms. The Morgan fingerprint density at radius 3 is 2.25 bits per heavy atom. The molecule has 0 aromatic rings. The van der Waals surface area contributed by atoms with Crippen LogP contribution in [0.2, 0.25) is 0 Å². The smallest absolute Gasteiger partial charge is 0.277 e. The molecule has 0 heterocycles. The minimum Gasteiger partial charge on any atom is -0.277 e. The van der Waals surface area contributed by atoms with Crippen molar-refractivity contribution < 1.29 is 13.0 Å². The fourth-order valence-electron chi connectivity index (χ4n) is 0.870. The van der Waals surface area contributed by atoms with Gasteiger partial charge in [0.15, 0.2) is 0 Å². The molecule has 0 aromatic carbocycles. The van der Waals surface area contributed by atoms with Crippen LogP contribution in [-0.2, 0) is 9.15 Å². The first-order valence-electron chi connectivity index (χ1n) is 4.18. The van der Waals surface area contributed by atoms with E-state index in [0.29, 0.717) is 16.5 Å². The van der Waals surface area contributed by atoms with Gasteiger partial charge >= 0.3 is 9.15 Å². The van der Waals surface area contributed by atoms with E-state index in [4.69, 9.17) is 4.55 Å². The van der Waals surface area contributed by atoms with Gasteiger partial charge < -0.3 is 0 Å². The molecule has 0 radical (unpaired) electrons. The lowest BCUT2D eigenvalue weighted by Gasteiger charge is -1.97. The van der Waals surface area contributed by atoms with Crippen molar-refractivity contribution in [3.63, 3.8) is 0 Å². The van der Waals surface area contributed by atoms with Gasteiger partial charge in [0.05, 0.1) is 0 Å². The first kappa shape index (κ1) is 12.3. The molecular weight excluding hydrogens is 196 g/mol. The summed E-state index contributed by atoms with van der Waals surface area (Å²) < 4.78 is 28.8. The number of hydrogen-bond acceptors (Lipinski definition) is 3. The highest BCUT2D eigenvalue weighted by molar-refractivity contribution is 8.69. The number of hydrogen-bond donors (Lipinski definition) is 1. The highest BCUT2D eigenvalue weighted by atomic mass is 33.1. The Kier molecular flexibility index (Phi) is 6.89. The SMILES string of the molecule is CCCCCCCSS(=O)(=O)O. The number of unbranched alkanes of at least 4 members (excludes halogenated alkanes) is 4. The van der Waals surface area contributed by atoms with Crippen LogP contribution in [0.5, 0.6) is 0 Å². The highest BCUT2D eigenvalue weighted by Gasteiger charge is 2.03. The van der Waals surface area contributed by atoms with Gasteiger partial charge in [-0.1, -0.05) is 32.6 Å². The Bertz CT molecular complexity index is 187. The van der Waals surface area contributed by atoms with E-state index in [1.165, 1.54) is 12.8 Å². The van der Waals surface area contributed by atoms with E-state index < -0.39 is 9.15 Å². The summed E-state index contributed by atoms with van der Waals surface area (Å²) in [5, 5.41) is 0. The summed E-state index contributed by atoms with van der Waals surface area (Å²) in [6, 6.07) is 0. The molecule has 3 nitrogen and oxygen atoms in total. The molecule has 0 aliphatic heterocycles. The zero-order valence-electron chi connectivity index (χ0n) is 7.32. The summed E-state index contributed by atoms with van der Waals surface area (Å²) in [7, 11) is -3.18. The van der Waals surface area contributed by atoms with Crippen molar-refractivity contribution in [3.05, 3.63) is 0 Å². The van der Waals surface area contributed by atoms with Gasteiger partial charge in [0.1, 0.15) is 0 Å². The minimum absolute atomic E-state index is 0.503. The van der Waals surface area contributed by atoms with Crippen molar-refractivity contribution in [2.24, 2.45) is 0 Å². The van der Waals surface area contributed by atoms with Gasteiger partial charge in [-0.05, 0) is 17.2 Å². The van der Waals surface area contributed by atoms with E-state index in [9.17, 15) is 8.42 Å². The van der Waals surface area contributed by atoms with E-state index in [2.05, 4.69) is 6.92 Å². The molecule has 0 aliphatic rings. The molecule has 0 amide bonds. The third-order valence-electron chi connectivity index (χ3n) is 1.48. The average Bonchev–Trinajstić information content (AvgIpc) is 1.94. The molecule has 0 saturated heterocycles. The predicted octanol–water partition coefficient (Wildman–Crippen LogP) is 2.49. The topological polar surface area (TPSA) is 54.4 Å². The number of rotatable bonds is 7. The molecule has 12 heavy (non-hydrogen) atoms. The lowest BCUT2D eigenvalue weighted by Crippen LogP contribution is -1.91. The molecule has 0 rings (SSSR count). The molecule has 0 saturated carbocycles. The van der Waals surface area contributed by atoms with Crippen LogP contribution in [0.25, 0.3) is 0 Å². The quantitative estimate of drug-likeness (QED) is 0.400. The zero-order chi connectivity index (χ0) is 9.45. The summed E-state index contributed by atoms with van der Waals surface area (Å²) in [4.78, 5) is 0. The predicted molar refractivity (Wildman–Crippen MR) is 52.8 cm³/mol. The minimum atomic E-state index is -3.80. The van der Waals surface area contributed by atoms with Gasteiger partial charge in [-0.2, -0.15) is 8.42 Å². The van der Waals surface area contributed by atoms with Crippen LogP contribution in [0.1, 0.15) is 39.0 Å². The molecule has 0 atom stereocenters. The first-order chi connectivity index (χ1) is 5.56. The van der Waals surface area contributed by atoms with Crippen LogP contribution in [0.4, 0.5) is 0 Å². The van der Waals surface area contributed by atoms with Gasteiger partial charge in [-0.3, -0.25) is 4.55 Å². The molecule has 74 valence electrons. The second-order valence-corrected chi connectivity index (χ2v) is 6.13. The fourth-order valence-corrected chi connectivity index (χ4v) is 2.39. The van der Waals surface area contributed by atoms with Gasteiger partial charge in [0, 0.05) is 5.75 Å². The highest BCUT2D eigenvalue weighted by Crippen LogP contribution is 2.13. The van der Waals surface area contributed by atoms with Gasteiger partial charge in [0.2, 0.25) is 0 Å². The van der Waals surface area contributed by atoms with Crippen LogP contribution in [0.15, 0.2) is 0 Å². The Morgan fingerprint density at radius 1 is 1.17 bits per heavy atom. The summed E-state index contributed by atoms with van der Waals surface area (Å²) >= 11 is 0. The standard InChI is InChI=1S/C7H16O3S2/c1-2-3-4-5-6-7-11-12(8,9)10/h2-7H2,1H3,(H,8,9,10). The molecule has 0 aliphatic carbocycles. The van der Waals surface area contributed by atoms with Crippen LogP contribution in [0, 0.1) is 0 Å². The van der Waals surface area contributed by atoms with Crippen molar-refractivity contribution >= 4 is 19.9 Å². The van der Waals surface area contributed by atoms with Crippen molar-refractivity contribution in [1.29, 1.82) is 0 Å². The van der Waals surface area contributed by atoms with Gasteiger partial charge in [-0.15, -0.1) is 0 Å². The Balaban J connectivity index is 3.12. The van der Waals surface area contributed by atoms with Crippen molar-refractivity contribution in [1.82, 2.24) is 0 Å². The summed E-state index contributed by atoms with van der Waals surface area (Å²) in [6.07, 6.45) is 5.46. The Labute approximate surface area is 78.1 Å². The molecule has 5 heteroatoms. The Morgan fingerprint density at radius 2 is 1.75 bits per heavy atom. The van der Waals surface area contributed by atoms with E-state index in [1.807, 2.05) is 0 Å². The van der Waals surface area contributed by atoms with Crippen LogP contribution in [0.3, 0.4) is 0 Å². The summed E-state index contributed by atoms with van der Waals surface area (Å²) in [6.45, 7) is 2.13. The molecule has 1 N–H and O–H groups in total. The van der Waals surface area contributed by atoms with Crippen molar-refractivity contribution in [2.75, 3.05) is 5.75 Å². The lowest BCUT2D eigenvalue weighted by atomic mass is 10.2. The second-order valence-electron chi connectivity index (χ2n) is 2.66. The average molecular weight is 212 g/mol. The lowest BCUT2D eigenvalue weighted by molar-refractivity contribution is 0.503. The molecule has 0 fully saturated rings. The van der Waals surface area contributed by atoms with Gasteiger partial charge in [0.25, 0.3) is 0 Å². The van der Waals surface area contributed by atoms with Gasteiger partial charge in [-0.25, -0.2) is 0 Å². The fraction of sp³-hybridized carbons (Fsp3) is 1.00. The van der Waals surface area contributed by atoms with Crippen LogP contribution >= 0.6 is 10.8 Å². The second kappa shape index (κ2) is 6.74. The van der Waals surface area contributed by atoms with E-state index in [0.717, 1.165) is 19.3 Å². The van der Waals surface area contributed by atoms with Crippen molar-refractivity contribution in [2.45, 2.75) is 39.0 Å². The third-order valence-corrected chi connectivity index (χ3v) is 3.63. The molecule has 0 unspecified atom stereocenters. The molecular formula is C7H16O3S2. The van der Waals surface area contributed by atoms with Crippen LogP contribution in [-0.4, -0.2) is 18.7 Å².